The van der Waals surface area contributed by atoms with Crippen molar-refractivity contribution in [3.8, 4) is 0 Å². The molecule has 1 heterocycles. The fourth-order valence-electron chi connectivity index (χ4n) is 2.42. The summed E-state index contributed by atoms with van der Waals surface area (Å²) >= 11 is 0. The molecule has 2 aromatic carbocycles. The maximum atomic E-state index is 13.4. The Balaban J connectivity index is 2.01. The van der Waals surface area contributed by atoms with E-state index in [0.29, 0.717) is 5.82 Å². The summed E-state index contributed by atoms with van der Waals surface area (Å²) in [6.07, 6.45) is 0. The molecule has 0 saturated heterocycles. The van der Waals surface area contributed by atoms with E-state index in [1.165, 1.54) is 12.1 Å². The summed E-state index contributed by atoms with van der Waals surface area (Å²) in [5.41, 5.74) is 1.03. The van der Waals surface area contributed by atoms with E-state index in [9.17, 15) is 8.78 Å². The Labute approximate surface area is 151 Å². The van der Waals surface area contributed by atoms with Crippen molar-refractivity contribution in [2.75, 3.05) is 10.6 Å². The molecule has 0 amide bonds. The zero-order chi connectivity index (χ0) is 18.9. The number of nitrogens with zero attached hydrogens (tertiary/aromatic N) is 2. The molecular weight excluding hydrogens is 334 g/mol. The lowest BCUT2D eigenvalue weighted by molar-refractivity contribution is 0.359. The SMILES string of the molecule is C[C@@H](Nc1nc(Nc2cc(F)cc(F)c2)nc2ccccc12)C(C)(C)C. The van der Waals surface area contributed by atoms with Crippen LogP contribution in [0, 0.1) is 17.0 Å². The predicted molar refractivity (Wildman–Crippen MR) is 102 cm³/mol. The van der Waals surface area contributed by atoms with Gasteiger partial charge in [0.05, 0.1) is 5.52 Å². The molecule has 0 fully saturated rings. The van der Waals surface area contributed by atoms with Gasteiger partial charge in [0, 0.05) is 23.2 Å². The van der Waals surface area contributed by atoms with Crippen LogP contribution in [0.2, 0.25) is 0 Å². The molecule has 0 aliphatic rings. The summed E-state index contributed by atoms with van der Waals surface area (Å²) in [6, 6.07) is 11.0. The van der Waals surface area contributed by atoms with Crippen molar-refractivity contribution in [1.82, 2.24) is 9.97 Å². The zero-order valence-corrected chi connectivity index (χ0v) is 15.3. The Bertz CT molecular complexity index is 914. The second kappa shape index (κ2) is 6.86. The van der Waals surface area contributed by atoms with Gasteiger partial charge >= 0.3 is 0 Å². The Kier molecular flexibility index (Phi) is 4.76. The monoisotopic (exact) mass is 356 g/mol. The molecule has 0 spiro atoms. The van der Waals surface area contributed by atoms with Gasteiger partial charge in [0.15, 0.2) is 0 Å². The average molecular weight is 356 g/mol. The van der Waals surface area contributed by atoms with E-state index in [-0.39, 0.29) is 23.1 Å². The number of hydrogen-bond acceptors (Lipinski definition) is 4. The summed E-state index contributed by atoms with van der Waals surface area (Å²) in [6.45, 7) is 8.51. The van der Waals surface area contributed by atoms with Gasteiger partial charge in [-0.25, -0.2) is 13.8 Å². The number of hydrogen-bond donors (Lipinski definition) is 2. The molecule has 1 atom stereocenters. The van der Waals surface area contributed by atoms with Gasteiger partial charge in [0.1, 0.15) is 17.5 Å². The van der Waals surface area contributed by atoms with E-state index in [1.54, 1.807) is 0 Å². The molecule has 0 aliphatic carbocycles. The van der Waals surface area contributed by atoms with E-state index in [4.69, 9.17) is 0 Å². The largest absolute Gasteiger partial charge is 0.366 e. The quantitative estimate of drug-likeness (QED) is 0.648. The highest BCUT2D eigenvalue weighted by molar-refractivity contribution is 5.90. The Morgan fingerprint density at radius 1 is 0.962 bits per heavy atom. The summed E-state index contributed by atoms with van der Waals surface area (Å²) in [7, 11) is 0. The standard InChI is InChI=1S/C20H22F2N4/c1-12(20(2,3)4)23-18-16-7-5-6-8-17(16)25-19(26-18)24-15-10-13(21)9-14(22)11-15/h5-12H,1-4H3,(H2,23,24,25,26)/t12-/m1/s1. The van der Waals surface area contributed by atoms with Gasteiger partial charge in [-0.05, 0) is 36.6 Å². The van der Waals surface area contributed by atoms with Gasteiger partial charge in [-0.3, -0.25) is 0 Å². The van der Waals surface area contributed by atoms with Crippen molar-refractivity contribution in [2.24, 2.45) is 5.41 Å². The number of anilines is 3. The second-order valence-corrected chi connectivity index (χ2v) is 7.43. The topological polar surface area (TPSA) is 49.8 Å². The number of nitrogens with one attached hydrogen (secondary N) is 2. The summed E-state index contributed by atoms with van der Waals surface area (Å²) in [5, 5.41) is 7.21. The highest BCUT2D eigenvalue weighted by atomic mass is 19.1. The summed E-state index contributed by atoms with van der Waals surface area (Å²) < 4.78 is 26.9. The molecule has 0 radical (unpaired) electrons. The molecule has 26 heavy (non-hydrogen) atoms. The van der Waals surface area contributed by atoms with Crippen LogP contribution in [-0.2, 0) is 0 Å². The van der Waals surface area contributed by atoms with Crippen LogP contribution in [0.15, 0.2) is 42.5 Å². The van der Waals surface area contributed by atoms with Crippen LogP contribution < -0.4 is 10.6 Å². The first-order chi connectivity index (χ1) is 12.2. The van der Waals surface area contributed by atoms with Crippen LogP contribution in [0.5, 0.6) is 0 Å². The van der Waals surface area contributed by atoms with Crippen molar-refractivity contribution in [2.45, 2.75) is 33.7 Å². The molecule has 0 bridgehead atoms. The van der Waals surface area contributed by atoms with Gasteiger partial charge < -0.3 is 10.6 Å². The van der Waals surface area contributed by atoms with Crippen LogP contribution >= 0.6 is 0 Å². The number of aromatic nitrogens is 2. The lowest BCUT2D eigenvalue weighted by Crippen LogP contribution is -2.31. The molecule has 4 nitrogen and oxygen atoms in total. The molecule has 6 heteroatoms. The van der Waals surface area contributed by atoms with E-state index < -0.39 is 11.6 Å². The zero-order valence-electron chi connectivity index (χ0n) is 15.3. The van der Waals surface area contributed by atoms with Crippen LogP contribution in [0.1, 0.15) is 27.7 Å². The number of para-hydroxylation sites is 1. The van der Waals surface area contributed by atoms with Crippen molar-refractivity contribution in [3.05, 3.63) is 54.1 Å². The van der Waals surface area contributed by atoms with E-state index in [2.05, 4.69) is 48.3 Å². The molecule has 136 valence electrons. The van der Waals surface area contributed by atoms with Gasteiger partial charge in [-0.15, -0.1) is 0 Å². The van der Waals surface area contributed by atoms with Crippen molar-refractivity contribution in [1.29, 1.82) is 0 Å². The van der Waals surface area contributed by atoms with E-state index in [0.717, 1.165) is 17.0 Å². The summed E-state index contributed by atoms with van der Waals surface area (Å²) in [5.74, 6) is -0.365. The third kappa shape index (κ3) is 4.07. The Hall–Kier alpha value is -2.76. The smallest absolute Gasteiger partial charge is 0.229 e. The lowest BCUT2D eigenvalue weighted by atomic mass is 9.88. The lowest BCUT2D eigenvalue weighted by Gasteiger charge is -2.29. The van der Waals surface area contributed by atoms with Crippen LogP contribution in [0.3, 0.4) is 0 Å². The van der Waals surface area contributed by atoms with Gasteiger partial charge in [-0.1, -0.05) is 32.9 Å². The molecule has 0 aliphatic heterocycles. The van der Waals surface area contributed by atoms with E-state index in [1.807, 2.05) is 24.3 Å². The Morgan fingerprint density at radius 3 is 2.27 bits per heavy atom. The molecule has 3 aromatic rings. The van der Waals surface area contributed by atoms with Crippen LogP contribution in [-0.4, -0.2) is 16.0 Å². The number of halogens is 2. The minimum atomic E-state index is -0.659. The van der Waals surface area contributed by atoms with Gasteiger partial charge in [-0.2, -0.15) is 4.98 Å². The molecule has 0 saturated carbocycles. The minimum Gasteiger partial charge on any atom is -0.366 e. The second-order valence-electron chi connectivity index (χ2n) is 7.43. The number of fused-ring (bicyclic) bond motifs is 1. The fraction of sp³-hybridized carbons (Fsp3) is 0.300. The van der Waals surface area contributed by atoms with Crippen molar-refractivity contribution in [3.63, 3.8) is 0 Å². The molecule has 0 unspecified atom stereocenters. The maximum Gasteiger partial charge on any atom is 0.229 e. The fourth-order valence-corrected chi connectivity index (χ4v) is 2.42. The number of benzene rings is 2. The first-order valence-electron chi connectivity index (χ1n) is 8.49. The molecule has 3 rings (SSSR count). The van der Waals surface area contributed by atoms with Gasteiger partial charge in [0.25, 0.3) is 0 Å². The first-order valence-corrected chi connectivity index (χ1v) is 8.49. The third-order valence-corrected chi connectivity index (χ3v) is 4.37. The molecule has 1 aromatic heterocycles. The van der Waals surface area contributed by atoms with Gasteiger partial charge in [0.2, 0.25) is 5.95 Å². The number of rotatable bonds is 4. The van der Waals surface area contributed by atoms with Crippen LogP contribution in [0.4, 0.5) is 26.2 Å². The first kappa shape index (κ1) is 18.0. The maximum absolute atomic E-state index is 13.4. The Morgan fingerprint density at radius 2 is 1.62 bits per heavy atom. The van der Waals surface area contributed by atoms with Crippen LogP contribution in [0.25, 0.3) is 10.9 Å². The van der Waals surface area contributed by atoms with Crippen molar-refractivity contribution < 1.29 is 8.78 Å². The molecule has 2 N–H and O–H groups in total. The molecular formula is C20H22F2N4. The average Bonchev–Trinajstić information content (AvgIpc) is 2.53. The highest BCUT2D eigenvalue weighted by Crippen LogP contribution is 2.28. The summed E-state index contributed by atoms with van der Waals surface area (Å²) in [4.78, 5) is 8.98. The normalized spacial score (nSPS) is 12.8. The van der Waals surface area contributed by atoms with E-state index >= 15 is 0 Å². The predicted octanol–water partition coefficient (Wildman–Crippen LogP) is 5.50. The minimum absolute atomic E-state index is 0.0331. The van der Waals surface area contributed by atoms with Crippen molar-refractivity contribution >= 4 is 28.4 Å². The highest BCUT2D eigenvalue weighted by Gasteiger charge is 2.21. The third-order valence-electron chi connectivity index (χ3n) is 4.37.